The molecule has 10 nitrogen and oxygen atoms in total. The fourth-order valence-corrected chi connectivity index (χ4v) is 6.50. The average Bonchev–Trinajstić information content (AvgIpc) is 3.50. The molecule has 0 radical (unpaired) electrons. The van der Waals surface area contributed by atoms with Crippen LogP contribution in [0.2, 0.25) is 0 Å². The second-order valence-corrected chi connectivity index (χ2v) is 11.5. The third kappa shape index (κ3) is 4.58. The normalized spacial score (nSPS) is 16.9. The number of aryl methyl sites for hydroxylation is 3. The van der Waals surface area contributed by atoms with Gasteiger partial charge in [-0.3, -0.25) is 4.79 Å². The van der Waals surface area contributed by atoms with Gasteiger partial charge in [-0.25, -0.2) is 17.5 Å². The van der Waals surface area contributed by atoms with Crippen molar-refractivity contribution in [2.45, 2.75) is 44.7 Å². The van der Waals surface area contributed by atoms with Gasteiger partial charge in [0.1, 0.15) is 5.82 Å². The number of aromatic nitrogens is 5. The Kier molecular flexibility index (Phi) is 6.78. The van der Waals surface area contributed by atoms with E-state index in [1.807, 2.05) is 30.7 Å². The molecular weight excluding hydrogens is 509 g/mol. The Labute approximate surface area is 220 Å². The molecule has 1 amide bonds. The molecular formula is C26H30FN7O3S. The fourth-order valence-electron chi connectivity index (χ4n) is 5.17. The molecule has 1 atom stereocenters. The zero-order valence-corrected chi connectivity index (χ0v) is 22.6. The lowest BCUT2D eigenvalue weighted by molar-refractivity contribution is -0.133. The number of rotatable bonds is 6. The monoisotopic (exact) mass is 539 g/mol. The number of carbonyl (C=O) groups is 1. The van der Waals surface area contributed by atoms with Crippen LogP contribution in [0.5, 0.6) is 0 Å². The Balaban J connectivity index is 1.55. The highest BCUT2D eigenvalue weighted by Crippen LogP contribution is 2.34. The van der Waals surface area contributed by atoms with Crippen LogP contribution in [0, 0.1) is 12.7 Å². The largest absolute Gasteiger partial charge is 0.333 e. The van der Waals surface area contributed by atoms with Gasteiger partial charge in [0.25, 0.3) is 10.0 Å². The third-order valence-corrected chi connectivity index (χ3v) is 8.76. The fraction of sp³-hybridized carbons (Fsp3) is 0.385. The van der Waals surface area contributed by atoms with Crippen LogP contribution in [0.3, 0.4) is 0 Å². The van der Waals surface area contributed by atoms with Crippen LogP contribution in [-0.4, -0.2) is 67.9 Å². The molecule has 2 aromatic carbocycles. The quantitative estimate of drug-likeness (QED) is 0.373. The Hall–Kier alpha value is -3.64. The van der Waals surface area contributed by atoms with Gasteiger partial charge in [0, 0.05) is 39.0 Å². The summed E-state index contributed by atoms with van der Waals surface area (Å²) in [4.78, 5) is 15.5. The van der Waals surface area contributed by atoms with E-state index < -0.39 is 16.1 Å². The summed E-state index contributed by atoms with van der Waals surface area (Å²) in [6.07, 6.45) is 4.56. The minimum Gasteiger partial charge on any atom is -0.333 e. The smallest absolute Gasteiger partial charge is 0.264 e. The first-order valence-electron chi connectivity index (χ1n) is 12.5. The predicted molar refractivity (Wildman–Crippen MR) is 140 cm³/mol. The van der Waals surface area contributed by atoms with Gasteiger partial charge in [-0.15, -0.1) is 5.10 Å². The summed E-state index contributed by atoms with van der Waals surface area (Å²) >= 11 is 0. The molecule has 3 heterocycles. The van der Waals surface area contributed by atoms with Crippen molar-refractivity contribution in [1.82, 2.24) is 34.0 Å². The molecule has 1 fully saturated rings. The van der Waals surface area contributed by atoms with Gasteiger partial charge < -0.3 is 4.90 Å². The van der Waals surface area contributed by atoms with Gasteiger partial charge in [-0.2, -0.15) is 19.3 Å². The van der Waals surface area contributed by atoms with Crippen LogP contribution < -0.4 is 0 Å². The van der Waals surface area contributed by atoms with Crippen molar-refractivity contribution in [3.63, 3.8) is 0 Å². The number of benzene rings is 2. The molecule has 0 bridgehead atoms. The zero-order valence-electron chi connectivity index (χ0n) is 21.8. The van der Waals surface area contributed by atoms with Gasteiger partial charge in [0.05, 0.1) is 29.6 Å². The van der Waals surface area contributed by atoms with E-state index in [0.717, 1.165) is 46.1 Å². The SMILES string of the molecule is CCCc1cc(F)ccc1-n1ncc2cc(C3CN(S(=O)(=O)c4cnn(C)n4)CCN3C(C)=O)c(C)cc21. The summed E-state index contributed by atoms with van der Waals surface area (Å²) in [6, 6.07) is 8.20. The van der Waals surface area contributed by atoms with E-state index in [4.69, 9.17) is 0 Å². The van der Waals surface area contributed by atoms with Crippen molar-refractivity contribution < 1.29 is 17.6 Å². The van der Waals surface area contributed by atoms with E-state index in [1.54, 1.807) is 30.3 Å². The number of piperazine rings is 1. The maximum absolute atomic E-state index is 14.0. The molecule has 4 aromatic rings. The first kappa shape index (κ1) is 26.0. The van der Waals surface area contributed by atoms with Crippen LogP contribution in [0.25, 0.3) is 16.6 Å². The van der Waals surface area contributed by atoms with Crippen molar-refractivity contribution >= 4 is 26.8 Å². The molecule has 1 unspecified atom stereocenters. The summed E-state index contributed by atoms with van der Waals surface area (Å²) in [5, 5.41) is 13.2. The summed E-state index contributed by atoms with van der Waals surface area (Å²) in [6.45, 7) is 6.00. The van der Waals surface area contributed by atoms with Crippen molar-refractivity contribution in [3.05, 3.63) is 65.2 Å². The number of carbonyl (C=O) groups excluding carboxylic acids is 1. The van der Waals surface area contributed by atoms with E-state index in [1.165, 1.54) is 28.3 Å². The van der Waals surface area contributed by atoms with E-state index in [-0.39, 0.29) is 36.4 Å². The van der Waals surface area contributed by atoms with Crippen LogP contribution in [0.15, 0.2) is 47.8 Å². The second-order valence-electron chi connectivity index (χ2n) is 9.61. The third-order valence-electron chi connectivity index (χ3n) is 7.03. The first-order chi connectivity index (χ1) is 18.1. The highest BCUT2D eigenvalue weighted by Gasteiger charge is 2.38. The molecule has 38 heavy (non-hydrogen) atoms. The predicted octanol–water partition coefficient (Wildman–Crippen LogP) is 3.15. The molecule has 2 aromatic heterocycles. The second kappa shape index (κ2) is 9.91. The summed E-state index contributed by atoms with van der Waals surface area (Å²) < 4.78 is 43.7. The number of hydrogen-bond acceptors (Lipinski definition) is 6. The lowest BCUT2D eigenvalue weighted by atomic mass is 9.96. The Morgan fingerprint density at radius 2 is 1.92 bits per heavy atom. The summed E-state index contributed by atoms with van der Waals surface area (Å²) in [7, 11) is -2.32. The van der Waals surface area contributed by atoms with Crippen molar-refractivity contribution in [2.24, 2.45) is 7.05 Å². The molecule has 1 aliphatic heterocycles. The molecule has 200 valence electrons. The lowest BCUT2D eigenvalue weighted by Crippen LogP contribution is -2.52. The van der Waals surface area contributed by atoms with Crippen LogP contribution in [0.1, 0.15) is 43.0 Å². The van der Waals surface area contributed by atoms with Crippen LogP contribution >= 0.6 is 0 Å². The average molecular weight is 540 g/mol. The van der Waals surface area contributed by atoms with Gasteiger partial charge in [0.15, 0.2) is 0 Å². The minimum atomic E-state index is -3.88. The molecule has 0 saturated carbocycles. The van der Waals surface area contributed by atoms with Crippen molar-refractivity contribution in [3.8, 4) is 5.69 Å². The number of hydrogen-bond donors (Lipinski definition) is 0. The number of nitrogens with zero attached hydrogens (tertiary/aromatic N) is 7. The van der Waals surface area contributed by atoms with Crippen LogP contribution in [-0.2, 0) is 28.3 Å². The topological polar surface area (TPSA) is 106 Å². The maximum atomic E-state index is 14.0. The Morgan fingerprint density at radius 1 is 1.13 bits per heavy atom. The number of amides is 1. The Bertz CT molecular complexity index is 1630. The molecule has 1 aliphatic rings. The highest BCUT2D eigenvalue weighted by atomic mass is 32.2. The van der Waals surface area contributed by atoms with E-state index in [9.17, 15) is 17.6 Å². The summed E-state index contributed by atoms with van der Waals surface area (Å²) in [5.41, 5.74) is 4.29. The van der Waals surface area contributed by atoms with Crippen molar-refractivity contribution in [2.75, 3.05) is 19.6 Å². The van der Waals surface area contributed by atoms with Crippen molar-refractivity contribution in [1.29, 1.82) is 0 Å². The van der Waals surface area contributed by atoms with E-state index in [2.05, 4.69) is 15.3 Å². The number of fused-ring (bicyclic) bond motifs is 1. The number of sulfonamides is 1. The molecule has 12 heteroatoms. The maximum Gasteiger partial charge on any atom is 0.264 e. The molecule has 0 spiro atoms. The Morgan fingerprint density at radius 3 is 2.61 bits per heavy atom. The summed E-state index contributed by atoms with van der Waals surface area (Å²) in [5.74, 6) is -0.410. The highest BCUT2D eigenvalue weighted by molar-refractivity contribution is 7.89. The lowest BCUT2D eigenvalue weighted by Gasteiger charge is -2.40. The van der Waals surface area contributed by atoms with Gasteiger partial charge in [-0.1, -0.05) is 13.3 Å². The zero-order chi connectivity index (χ0) is 27.2. The molecule has 5 rings (SSSR count). The molecule has 0 aliphatic carbocycles. The van der Waals surface area contributed by atoms with Crippen LogP contribution in [0.4, 0.5) is 4.39 Å². The van der Waals surface area contributed by atoms with Gasteiger partial charge in [-0.05, 0) is 60.4 Å². The van der Waals surface area contributed by atoms with Gasteiger partial charge >= 0.3 is 0 Å². The van der Waals surface area contributed by atoms with E-state index >= 15 is 0 Å². The molecule has 1 saturated heterocycles. The van der Waals surface area contributed by atoms with E-state index in [0.29, 0.717) is 0 Å². The number of halogens is 1. The standard InChI is InChI=1S/C26H30FN7O3S/c1-5-6-19-12-21(27)7-8-23(19)34-24-11-17(2)22(13-20(24)14-29-34)25-16-32(9-10-33(25)18(3)35)38(36,37)26-15-28-31(4)30-26/h7-8,11-15,25H,5-6,9-10,16H2,1-4H3. The van der Waals surface area contributed by atoms with Gasteiger partial charge in [0.2, 0.25) is 10.9 Å². The minimum absolute atomic E-state index is 0.0948. The molecule has 0 N–H and O–H groups in total. The first-order valence-corrected chi connectivity index (χ1v) is 13.9.